The summed E-state index contributed by atoms with van der Waals surface area (Å²) in [5, 5.41) is 0. The Hall–Kier alpha value is -2.19. The highest BCUT2D eigenvalue weighted by atomic mass is 16.1. The van der Waals surface area contributed by atoms with Gasteiger partial charge in [0.25, 0.3) is 0 Å². The zero-order valence-electron chi connectivity index (χ0n) is 10.0. The lowest BCUT2D eigenvalue weighted by Crippen LogP contribution is -2.13. The standard InChI is InChI=1S/C16H15NO/c1-2-15(17)13-10-6-7-11-14(13)16(18)12-8-4-3-5-9-12/h2-11,15H,1,17H2. The molecule has 90 valence electrons. The van der Waals surface area contributed by atoms with E-state index in [0.717, 1.165) is 5.56 Å². The molecule has 18 heavy (non-hydrogen) atoms. The van der Waals surface area contributed by atoms with Crippen LogP contribution in [0.15, 0.2) is 67.3 Å². The summed E-state index contributed by atoms with van der Waals surface area (Å²) in [6, 6.07) is 16.3. The molecule has 2 rings (SSSR count). The first-order chi connectivity index (χ1) is 8.74. The van der Waals surface area contributed by atoms with Crippen molar-refractivity contribution >= 4 is 5.78 Å². The molecule has 2 heteroatoms. The van der Waals surface area contributed by atoms with Gasteiger partial charge in [-0.15, -0.1) is 6.58 Å². The van der Waals surface area contributed by atoms with E-state index in [1.54, 1.807) is 24.3 Å². The number of carbonyl (C=O) groups excluding carboxylic acids is 1. The zero-order chi connectivity index (χ0) is 13.0. The SMILES string of the molecule is C=CC(N)c1ccccc1C(=O)c1ccccc1. The molecule has 0 aliphatic carbocycles. The molecular weight excluding hydrogens is 222 g/mol. The minimum Gasteiger partial charge on any atom is -0.321 e. The van der Waals surface area contributed by atoms with Crippen molar-refractivity contribution in [1.82, 2.24) is 0 Å². The number of benzene rings is 2. The van der Waals surface area contributed by atoms with Crippen LogP contribution in [0.4, 0.5) is 0 Å². The van der Waals surface area contributed by atoms with Gasteiger partial charge in [0, 0.05) is 17.2 Å². The van der Waals surface area contributed by atoms with Crippen LogP contribution in [0.5, 0.6) is 0 Å². The summed E-state index contributed by atoms with van der Waals surface area (Å²) in [5.41, 5.74) is 8.05. The van der Waals surface area contributed by atoms with E-state index in [9.17, 15) is 4.79 Å². The van der Waals surface area contributed by atoms with Crippen LogP contribution in [0, 0.1) is 0 Å². The molecule has 0 radical (unpaired) electrons. The normalized spacial score (nSPS) is 11.8. The summed E-state index contributed by atoms with van der Waals surface area (Å²) in [4.78, 5) is 12.4. The number of rotatable bonds is 4. The van der Waals surface area contributed by atoms with Crippen molar-refractivity contribution in [3.63, 3.8) is 0 Å². The average molecular weight is 237 g/mol. The second-order valence-electron chi connectivity index (χ2n) is 4.04. The third-order valence-corrected chi connectivity index (χ3v) is 2.85. The minimum absolute atomic E-state index is 0.0106. The maximum absolute atomic E-state index is 12.4. The fraction of sp³-hybridized carbons (Fsp3) is 0.0625. The average Bonchev–Trinajstić information content (AvgIpc) is 2.46. The molecule has 0 saturated carbocycles. The predicted molar refractivity (Wildman–Crippen MR) is 73.4 cm³/mol. The van der Waals surface area contributed by atoms with Crippen LogP contribution < -0.4 is 5.73 Å². The molecule has 2 N–H and O–H groups in total. The monoisotopic (exact) mass is 237 g/mol. The van der Waals surface area contributed by atoms with Crippen molar-refractivity contribution in [2.75, 3.05) is 0 Å². The molecular formula is C16H15NO. The molecule has 0 aromatic heterocycles. The summed E-state index contributed by atoms with van der Waals surface area (Å²) in [7, 11) is 0. The second-order valence-corrected chi connectivity index (χ2v) is 4.04. The molecule has 0 heterocycles. The van der Waals surface area contributed by atoms with Gasteiger partial charge in [0.2, 0.25) is 0 Å². The Morgan fingerprint density at radius 2 is 1.67 bits per heavy atom. The largest absolute Gasteiger partial charge is 0.321 e. The van der Waals surface area contributed by atoms with E-state index in [0.29, 0.717) is 11.1 Å². The van der Waals surface area contributed by atoms with E-state index in [4.69, 9.17) is 5.73 Å². The Balaban J connectivity index is 2.46. The van der Waals surface area contributed by atoms with Crippen molar-refractivity contribution in [1.29, 1.82) is 0 Å². The lowest BCUT2D eigenvalue weighted by Gasteiger charge is -2.12. The quantitative estimate of drug-likeness (QED) is 0.656. The van der Waals surface area contributed by atoms with Crippen molar-refractivity contribution in [2.45, 2.75) is 6.04 Å². The van der Waals surface area contributed by atoms with Gasteiger partial charge < -0.3 is 5.73 Å². The summed E-state index contributed by atoms with van der Waals surface area (Å²) in [6.45, 7) is 3.67. The Kier molecular flexibility index (Phi) is 3.70. The molecule has 0 spiro atoms. The highest BCUT2D eigenvalue weighted by molar-refractivity contribution is 6.10. The van der Waals surface area contributed by atoms with Crippen molar-refractivity contribution in [2.24, 2.45) is 5.73 Å². The van der Waals surface area contributed by atoms with Gasteiger partial charge in [-0.05, 0) is 5.56 Å². The maximum Gasteiger partial charge on any atom is 0.193 e. The third kappa shape index (κ3) is 2.39. The summed E-state index contributed by atoms with van der Waals surface area (Å²) < 4.78 is 0. The maximum atomic E-state index is 12.4. The van der Waals surface area contributed by atoms with Crippen LogP contribution in [-0.4, -0.2) is 5.78 Å². The lowest BCUT2D eigenvalue weighted by molar-refractivity contribution is 0.103. The minimum atomic E-state index is -0.325. The number of ketones is 1. The van der Waals surface area contributed by atoms with Crippen LogP contribution in [-0.2, 0) is 0 Å². The van der Waals surface area contributed by atoms with Gasteiger partial charge >= 0.3 is 0 Å². The molecule has 1 unspecified atom stereocenters. The van der Waals surface area contributed by atoms with Crippen LogP contribution in [0.2, 0.25) is 0 Å². The first-order valence-electron chi connectivity index (χ1n) is 5.81. The first-order valence-corrected chi connectivity index (χ1v) is 5.81. The number of carbonyl (C=O) groups is 1. The van der Waals surface area contributed by atoms with E-state index >= 15 is 0 Å². The van der Waals surface area contributed by atoms with E-state index in [-0.39, 0.29) is 11.8 Å². The van der Waals surface area contributed by atoms with Gasteiger partial charge in [-0.3, -0.25) is 4.79 Å². The molecule has 0 amide bonds. The molecule has 2 nitrogen and oxygen atoms in total. The Bertz CT molecular complexity index is 560. The predicted octanol–water partition coefficient (Wildman–Crippen LogP) is 3.10. The van der Waals surface area contributed by atoms with Crippen LogP contribution >= 0.6 is 0 Å². The lowest BCUT2D eigenvalue weighted by atomic mass is 9.94. The van der Waals surface area contributed by atoms with Gasteiger partial charge in [-0.2, -0.15) is 0 Å². The number of nitrogens with two attached hydrogens (primary N) is 1. The van der Waals surface area contributed by atoms with Crippen molar-refractivity contribution < 1.29 is 4.79 Å². The summed E-state index contributed by atoms with van der Waals surface area (Å²) >= 11 is 0. The second kappa shape index (κ2) is 5.43. The smallest absolute Gasteiger partial charge is 0.193 e. The van der Waals surface area contributed by atoms with E-state index in [1.165, 1.54) is 0 Å². The fourth-order valence-electron chi connectivity index (χ4n) is 1.87. The fourth-order valence-corrected chi connectivity index (χ4v) is 1.87. The Morgan fingerprint density at radius 3 is 2.33 bits per heavy atom. The molecule has 2 aromatic rings. The number of hydrogen-bond acceptors (Lipinski definition) is 2. The topological polar surface area (TPSA) is 43.1 Å². The summed E-state index contributed by atoms with van der Waals surface area (Å²) in [6.07, 6.45) is 1.64. The molecule has 0 bridgehead atoms. The highest BCUT2D eigenvalue weighted by Gasteiger charge is 2.15. The van der Waals surface area contributed by atoms with Gasteiger partial charge in [-0.25, -0.2) is 0 Å². The van der Waals surface area contributed by atoms with Gasteiger partial charge in [0.05, 0.1) is 0 Å². The molecule has 0 saturated heterocycles. The van der Waals surface area contributed by atoms with E-state index in [1.807, 2.05) is 36.4 Å². The van der Waals surface area contributed by atoms with Crippen molar-refractivity contribution in [3.05, 3.63) is 83.9 Å². The molecule has 2 aromatic carbocycles. The third-order valence-electron chi connectivity index (χ3n) is 2.85. The van der Waals surface area contributed by atoms with Crippen LogP contribution in [0.1, 0.15) is 27.5 Å². The zero-order valence-corrected chi connectivity index (χ0v) is 10.0. The van der Waals surface area contributed by atoms with Crippen LogP contribution in [0.25, 0.3) is 0 Å². The van der Waals surface area contributed by atoms with Gasteiger partial charge in [0.15, 0.2) is 5.78 Å². The van der Waals surface area contributed by atoms with Gasteiger partial charge in [-0.1, -0.05) is 60.7 Å². The molecule has 0 aliphatic heterocycles. The highest BCUT2D eigenvalue weighted by Crippen LogP contribution is 2.20. The Labute approximate surface area is 107 Å². The Morgan fingerprint density at radius 1 is 1.06 bits per heavy atom. The first kappa shape index (κ1) is 12.3. The van der Waals surface area contributed by atoms with Gasteiger partial charge in [0.1, 0.15) is 0 Å². The number of hydrogen-bond donors (Lipinski definition) is 1. The van der Waals surface area contributed by atoms with E-state index in [2.05, 4.69) is 6.58 Å². The molecule has 0 aliphatic rings. The molecule has 0 fully saturated rings. The van der Waals surface area contributed by atoms with E-state index < -0.39 is 0 Å². The van der Waals surface area contributed by atoms with Crippen LogP contribution in [0.3, 0.4) is 0 Å². The summed E-state index contributed by atoms with van der Waals surface area (Å²) in [5.74, 6) is -0.0106. The van der Waals surface area contributed by atoms with Crippen molar-refractivity contribution in [3.8, 4) is 0 Å². The molecule has 1 atom stereocenters.